The Bertz CT molecular complexity index is 1060. The Kier molecular flexibility index (Phi) is 4.35. The van der Waals surface area contributed by atoms with Gasteiger partial charge in [-0.25, -0.2) is 4.98 Å². The molecule has 0 spiro atoms. The van der Waals surface area contributed by atoms with Crippen molar-refractivity contribution < 1.29 is 0 Å². The fourth-order valence-corrected chi connectivity index (χ4v) is 3.45. The Morgan fingerprint density at radius 2 is 1.48 bits per heavy atom. The summed E-state index contributed by atoms with van der Waals surface area (Å²) in [6.45, 7) is 9.67. The van der Waals surface area contributed by atoms with Crippen LogP contribution in [-0.2, 0) is 12.0 Å². The van der Waals surface area contributed by atoms with Crippen LogP contribution >= 0.6 is 0 Å². The van der Waals surface area contributed by atoms with Crippen molar-refractivity contribution in [1.29, 1.82) is 0 Å². The summed E-state index contributed by atoms with van der Waals surface area (Å²) in [5, 5.41) is 0. The molecule has 2 nitrogen and oxygen atoms in total. The smallest absolute Gasteiger partial charge is 0.141 e. The average Bonchev–Trinajstić information content (AvgIpc) is 3.02. The van der Waals surface area contributed by atoms with E-state index in [4.69, 9.17) is 4.98 Å². The highest BCUT2D eigenvalue weighted by molar-refractivity contribution is 5.80. The molecule has 0 aliphatic heterocycles. The van der Waals surface area contributed by atoms with E-state index < -0.39 is 0 Å². The second kappa shape index (κ2) is 6.70. The maximum atomic E-state index is 4.95. The molecule has 27 heavy (non-hydrogen) atoms. The number of rotatable bonds is 3. The summed E-state index contributed by atoms with van der Waals surface area (Å²) in [6, 6.07) is 26.0. The molecular weight excluding hydrogens is 328 g/mol. The number of benzene rings is 3. The molecule has 0 atom stereocenters. The Balaban J connectivity index is 1.81. The van der Waals surface area contributed by atoms with Crippen LogP contribution in [0.3, 0.4) is 0 Å². The molecule has 4 aromatic rings. The van der Waals surface area contributed by atoms with Gasteiger partial charge >= 0.3 is 0 Å². The lowest BCUT2D eigenvalue weighted by molar-refractivity contribution is 0.590. The first-order chi connectivity index (χ1) is 12.9. The van der Waals surface area contributed by atoms with Gasteiger partial charge in [-0.05, 0) is 35.6 Å². The molecule has 0 amide bonds. The summed E-state index contributed by atoms with van der Waals surface area (Å²) < 4.78 is 2.33. The van der Waals surface area contributed by atoms with Gasteiger partial charge in [-0.3, -0.25) is 0 Å². The SMILES string of the molecule is Cc1ccc(Cn2c(-c3ccc(C(C)(C)C)cc3)nc3ccccc32)cc1. The first-order valence-corrected chi connectivity index (χ1v) is 9.53. The third kappa shape index (κ3) is 3.52. The van der Waals surface area contributed by atoms with E-state index in [-0.39, 0.29) is 5.41 Å². The van der Waals surface area contributed by atoms with Gasteiger partial charge in [0.25, 0.3) is 0 Å². The van der Waals surface area contributed by atoms with E-state index in [1.807, 2.05) is 0 Å². The van der Waals surface area contributed by atoms with E-state index in [1.54, 1.807) is 0 Å². The highest BCUT2D eigenvalue weighted by Crippen LogP contribution is 2.29. The van der Waals surface area contributed by atoms with Gasteiger partial charge in [-0.15, -0.1) is 0 Å². The molecule has 0 saturated heterocycles. The van der Waals surface area contributed by atoms with Crippen LogP contribution in [0.4, 0.5) is 0 Å². The Hall–Kier alpha value is -2.87. The maximum absolute atomic E-state index is 4.95. The zero-order valence-corrected chi connectivity index (χ0v) is 16.5. The monoisotopic (exact) mass is 354 g/mol. The molecule has 0 radical (unpaired) electrons. The van der Waals surface area contributed by atoms with E-state index in [0.29, 0.717) is 0 Å². The maximum Gasteiger partial charge on any atom is 0.141 e. The van der Waals surface area contributed by atoms with Crippen LogP contribution in [0.5, 0.6) is 0 Å². The van der Waals surface area contributed by atoms with E-state index in [0.717, 1.165) is 23.4 Å². The van der Waals surface area contributed by atoms with Gasteiger partial charge in [0.15, 0.2) is 0 Å². The predicted octanol–water partition coefficient (Wildman–Crippen LogP) is 6.36. The summed E-state index contributed by atoms with van der Waals surface area (Å²) in [5.74, 6) is 1.03. The minimum absolute atomic E-state index is 0.153. The molecule has 1 aromatic heterocycles. The fourth-order valence-electron chi connectivity index (χ4n) is 3.45. The quantitative estimate of drug-likeness (QED) is 0.419. The van der Waals surface area contributed by atoms with Crippen molar-refractivity contribution in [1.82, 2.24) is 9.55 Å². The van der Waals surface area contributed by atoms with Crippen LogP contribution in [0.15, 0.2) is 72.8 Å². The van der Waals surface area contributed by atoms with Crippen molar-refractivity contribution in [2.24, 2.45) is 0 Å². The van der Waals surface area contributed by atoms with Crippen LogP contribution in [0.1, 0.15) is 37.5 Å². The molecule has 136 valence electrons. The highest BCUT2D eigenvalue weighted by Gasteiger charge is 2.16. The van der Waals surface area contributed by atoms with Crippen molar-refractivity contribution in [3.05, 3.63) is 89.5 Å². The lowest BCUT2D eigenvalue weighted by Crippen LogP contribution is -2.10. The van der Waals surface area contributed by atoms with Crippen LogP contribution in [0, 0.1) is 6.92 Å². The van der Waals surface area contributed by atoms with Gasteiger partial charge in [0.05, 0.1) is 11.0 Å². The minimum Gasteiger partial charge on any atom is -0.319 e. The number of hydrogen-bond acceptors (Lipinski definition) is 1. The van der Waals surface area contributed by atoms with Gasteiger partial charge < -0.3 is 4.57 Å². The number of hydrogen-bond donors (Lipinski definition) is 0. The lowest BCUT2D eigenvalue weighted by Gasteiger charge is -2.19. The zero-order valence-electron chi connectivity index (χ0n) is 16.5. The number of aromatic nitrogens is 2. The average molecular weight is 354 g/mol. The highest BCUT2D eigenvalue weighted by atomic mass is 15.1. The summed E-state index contributed by atoms with van der Waals surface area (Å²) in [7, 11) is 0. The zero-order chi connectivity index (χ0) is 19.0. The van der Waals surface area contributed by atoms with Gasteiger partial charge in [0.2, 0.25) is 0 Å². The van der Waals surface area contributed by atoms with Crippen LogP contribution in [0.2, 0.25) is 0 Å². The molecular formula is C25H26N2. The normalized spacial score (nSPS) is 11.9. The van der Waals surface area contributed by atoms with E-state index in [1.165, 1.54) is 22.2 Å². The van der Waals surface area contributed by atoms with Gasteiger partial charge in [-0.1, -0.05) is 87.0 Å². The first kappa shape index (κ1) is 17.5. The number of aryl methyl sites for hydroxylation is 1. The largest absolute Gasteiger partial charge is 0.319 e. The molecule has 1 heterocycles. The Morgan fingerprint density at radius 3 is 2.15 bits per heavy atom. The molecule has 0 unspecified atom stereocenters. The van der Waals surface area contributed by atoms with Gasteiger partial charge in [0.1, 0.15) is 5.82 Å². The number of imidazole rings is 1. The van der Waals surface area contributed by atoms with Crippen molar-refractivity contribution in [2.75, 3.05) is 0 Å². The van der Waals surface area contributed by atoms with E-state index in [2.05, 4.69) is 105 Å². The molecule has 0 bridgehead atoms. The van der Waals surface area contributed by atoms with Gasteiger partial charge in [-0.2, -0.15) is 0 Å². The molecule has 4 rings (SSSR count). The third-order valence-electron chi connectivity index (χ3n) is 5.12. The molecule has 0 fully saturated rings. The number of nitrogens with zero attached hydrogens (tertiary/aromatic N) is 2. The summed E-state index contributed by atoms with van der Waals surface area (Å²) in [4.78, 5) is 4.95. The van der Waals surface area contributed by atoms with E-state index in [9.17, 15) is 0 Å². The van der Waals surface area contributed by atoms with Crippen LogP contribution in [0.25, 0.3) is 22.4 Å². The summed E-state index contributed by atoms with van der Waals surface area (Å²) in [5.41, 5.74) is 7.44. The Morgan fingerprint density at radius 1 is 0.815 bits per heavy atom. The number of fused-ring (bicyclic) bond motifs is 1. The fraction of sp³-hybridized carbons (Fsp3) is 0.240. The second-order valence-electron chi connectivity index (χ2n) is 8.32. The van der Waals surface area contributed by atoms with Crippen LogP contribution in [-0.4, -0.2) is 9.55 Å². The van der Waals surface area contributed by atoms with Crippen molar-refractivity contribution in [3.8, 4) is 11.4 Å². The molecule has 0 aliphatic rings. The standard InChI is InChI=1S/C25H26N2/c1-18-9-11-19(12-10-18)17-27-23-8-6-5-7-22(23)26-24(27)20-13-15-21(16-14-20)25(2,3)4/h5-16H,17H2,1-4H3. The molecule has 0 N–H and O–H groups in total. The molecule has 2 heteroatoms. The molecule has 0 saturated carbocycles. The third-order valence-corrected chi connectivity index (χ3v) is 5.12. The van der Waals surface area contributed by atoms with Gasteiger partial charge in [0, 0.05) is 12.1 Å². The van der Waals surface area contributed by atoms with Crippen molar-refractivity contribution in [2.45, 2.75) is 39.7 Å². The summed E-state index contributed by atoms with van der Waals surface area (Å²) >= 11 is 0. The molecule has 3 aromatic carbocycles. The lowest BCUT2D eigenvalue weighted by atomic mass is 9.87. The van der Waals surface area contributed by atoms with Crippen molar-refractivity contribution >= 4 is 11.0 Å². The Labute approximate surface area is 161 Å². The molecule has 0 aliphatic carbocycles. The van der Waals surface area contributed by atoms with E-state index >= 15 is 0 Å². The minimum atomic E-state index is 0.153. The van der Waals surface area contributed by atoms with Crippen molar-refractivity contribution in [3.63, 3.8) is 0 Å². The van der Waals surface area contributed by atoms with Crippen LogP contribution < -0.4 is 0 Å². The topological polar surface area (TPSA) is 17.8 Å². The number of para-hydroxylation sites is 2. The predicted molar refractivity (Wildman–Crippen MR) is 114 cm³/mol. The first-order valence-electron chi connectivity index (χ1n) is 9.53. The summed E-state index contributed by atoms with van der Waals surface area (Å²) in [6.07, 6.45) is 0. The second-order valence-corrected chi connectivity index (χ2v) is 8.32.